The minimum atomic E-state index is -3.31. The average molecular weight is 549 g/mol. The molecule has 9 heteroatoms. The molecule has 4 rings (SSSR count). The summed E-state index contributed by atoms with van der Waals surface area (Å²) in [6.45, 7) is 1.13. The number of hydrogen-bond acceptors (Lipinski definition) is 5. The molecule has 2 amide bonds. The first kappa shape index (κ1) is 27.3. The number of hydrogen-bond donors (Lipinski definition) is 2. The lowest BCUT2D eigenvalue weighted by Crippen LogP contribution is -2.38. The van der Waals surface area contributed by atoms with Gasteiger partial charge >= 0.3 is 6.03 Å². The van der Waals surface area contributed by atoms with Gasteiger partial charge in [-0.3, -0.25) is 4.72 Å². The number of nitrogens with one attached hydrogen (secondary N) is 1. The summed E-state index contributed by atoms with van der Waals surface area (Å²) in [4.78, 5) is 18.7. The summed E-state index contributed by atoms with van der Waals surface area (Å²) in [5.74, 6) is 0.180. The van der Waals surface area contributed by atoms with Crippen molar-refractivity contribution < 1.29 is 13.2 Å². The zero-order valence-electron chi connectivity index (χ0n) is 21.3. The number of anilines is 1. The van der Waals surface area contributed by atoms with Gasteiger partial charge in [0.1, 0.15) is 0 Å². The second-order valence-corrected chi connectivity index (χ2v) is 11.9. The second kappa shape index (κ2) is 12.7. The number of aromatic nitrogens is 1. The number of rotatable bonds is 12. The maximum Gasteiger partial charge on any atom is 0.314 e. The van der Waals surface area contributed by atoms with Crippen molar-refractivity contribution in [3.05, 3.63) is 106 Å². The van der Waals surface area contributed by atoms with Gasteiger partial charge in [-0.1, -0.05) is 72.8 Å². The van der Waals surface area contributed by atoms with Crippen molar-refractivity contribution in [2.45, 2.75) is 25.2 Å². The van der Waals surface area contributed by atoms with Crippen molar-refractivity contribution in [3.63, 3.8) is 0 Å². The maximum absolute atomic E-state index is 12.2. The molecule has 0 aliphatic rings. The predicted molar refractivity (Wildman–Crippen MR) is 155 cm³/mol. The van der Waals surface area contributed by atoms with E-state index in [1.54, 1.807) is 28.4 Å². The molecule has 0 spiro atoms. The molecule has 0 atom stereocenters. The number of urea groups is 1. The van der Waals surface area contributed by atoms with Gasteiger partial charge in [-0.2, -0.15) is 0 Å². The fraction of sp³-hybridized carbons (Fsp3) is 0.241. The first-order valence-corrected chi connectivity index (χ1v) is 15.2. The van der Waals surface area contributed by atoms with E-state index in [1.807, 2.05) is 53.9 Å². The van der Waals surface area contributed by atoms with Crippen LogP contribution in [0.25, 0.3) is 11.3 Å². The Morgan fingerprint density at radius 3 is 2.11 bits per heavy atom. The topological polar surface area (TPSA) is 105 Å². The average Bonchev–Trinajstić information content (AvgIpc) is 3.37. The van der Waals surface area contributed by atoms with E-state index in [9.17, 15) is 13.2 Å². The molecular weight excluding hydrogens is 516 g/mol. The smallest absolute Gasteiger partial charge is 0.314 e. The number of nitrogens with two attached hydrogens (primary N) is 1. The van der Waals surface area contributed by atoms with Crippen molar-refractivity contribution in [2.24, 2.45) is 5.73 Å². The monoisotopic (exact) mass is 548 g/mol. The van der Waals surface area contributed by atoms with Crippen molar-refractivity contribution >= 4 is 33.1 Å². The van der Waals surface area contributed by atoms with Gasteiger partial charge < -0.3 is 10.6 Å². The number of benzene rings is 3. The number of nitrogens with zero attached hydrogens (tertiary/aromatic N) is 2. The summed E-state index contributed by atoms with van der Waals surface area (Å²) in [5.41, 5.74) is 10.5. The van der Waals surface area contributed by atoms with E-state index in [0.717, 1.165) is 41.8 Å². The molecule has 7 nitrogen and oxygen atoms in total. The number of sulfonamides is 1. The number of carbonyl (C=O) groups excluding carboxylic acids is 1. The number of primary amides is 1. The van der Waals surface area contributed by atoms with Crippen LogP contribution < -0.4 is 10.5 Å². The molecule has 0 saturated carbocycles. The van der Waals surface area contributed by atoms with Gasteiger partial charge in [0, 0.05) is 42.1 Å². The van der Waals surface area contributed by atoms with Crippen LogP contribution in [0.15, 0.2) is 90.3 Å². The molecule has 1 aromatic heterocycles. The van der Waals surface area contributed by atoms with E-state index < -0.39 is 16.1 Å². The molecule has 0 radical (unpaired) electrons. The highest BCUT2D eigenvalue weighted by atomic mass is 32.2. The summed E-state index contributed by atoms with van der Waals surface area (Å²) in [6, 6.07) is 27.4. The lowest BCUT2D eigenvalue weighted by Gasteiger charge is -2.24. The molecule has 0 saturated heterocycles. The molecule has 0 aliphatic carbocycles. The molecule has 38 heavy (non-hydrogen) atoms. The molecule has 0 aliphatic heterocycles. The summed E-state index contributed by atoms with van der Waals surface area (Å²) in [6.07, 6.45) is 3.40. The largest absolute Gasteiger partial charge is 0.351 e. The highest BCUT2D eigenvalue weighted by Crippen LogP contribution is 2.28. The van der Waals surface area contributed by atoms with Gasteiger partial charge in [0.25, 0.3) is 0 Å². The van der Waals surface area contributed by atoms with Crippen LogP contribution in [-0.2, 0) is 16.4 Å². The Morgan fingerprint density at radius 1 is 0.947 bits per heavy atom. The van der Waals surface area contributed by atoms with Crippen LogP contribution in [0.3, 0.4) is 0 Å². The van der Waals surface area contributed by atoms with Gasteiger partial charge in [0.15, 0.2) is 0 Å². The molecule has 0 unspecified atom stereocenters. The standard InChI is InChI=1S/C29H32N4O3S2/c1-38(35,36)32-25-16-14-24(15-17-25)27-21-37-28(31-27)13-8-19-33(29(30)34)20-18-26(22-9-4-2-5-10-22)23-11-6-3-7-12-23/h2-7,9-12,14-17,21,26,32H,8,13,18-20H2,1H3,(H2,30,34). The van der Waals surface area contributed by atoms with Crippen LogP contribution in [0.4, 0.5) is 10.5 Å². The highest BCUT2D eigenvalue weighted by Gasteiger charge is 2.18. The van der Waals surface area contributed by atoms with E-state index in [4.69, 9.17) is 10.7 Å². The Balaban J connectivity index is 1.33. The van der Waals surface area contributed by atoms with E-state index in [2.05, 4.69) is 29.0 Å². The van der Waals surface area contributed by atoms with Gasteiger partial charge in [-0.25, -0.2) is 18.2 Å². The lowest BCUT2D eigenvalue weighted by molar-refractivity contribution is 0.205. The third-order valence-corrected chi connectivity index (χ3v) is 7.77. The van der Waals surface area contributed by atoms with Crippen molar-refractivity contribution in [1.82, 2.24) is 9.88 Å². The molecular formula is C29H32N4O3S2. The predicted octanol–water partition coefficient (Wildman–Crippen LogP) is 5.72. The highest BCUT2D eigenvalue weighted by molar-refractivity contribution is 7.92. The normalized spacial score (nSPS) is 11.4. The summed E-state index contributed by atoms with van der Waals surface area (Å²) < 4.78 is 25.3. The molecule has 198 valence electrons. The summed E-state index contributed by atoms with van der Waals surface area (Å²) in [5, 5.41) is 2.97. The Bertz CT molecular complexity index is 1380. The first-order valence-electron chi connectivity index (χ1n) is 12.5. The van der Waals surface area contributed by atoms with E-state index >= 15 is 0 Å². The van der Waals surface area contributed by atoms with E-state index in [0.29, 0.717) is 18.8 Å². The SMILES string of the molecule is CS(=O)(=O)Nc1ccc(-c2csc(CCCN(CCC(c3ccccc3)c3ccccc3)C(N)=O)n2)cc1. The van der Waals surface area contributed by atoms with E-state index in [1.165, 1.54) is 11.1 Å². The van der Waals surface area contributed by atoms with Crippen LogP contribution in [-0.4, -0.2) is 43.7 Å². The van der Waals surface area contributed by atoms with Gasteiger partial charge in [-0.15, -0.1) is 11.3 Å². The summed E-state index contributed by atoms with van der Waals surface area (Å²) in [7, 11) is -3.31. The van der Waals surface area contributed by atoms with Gasteiger partial charge in [0.2, 0.25) is 10.0 Å². The quantitative estimate of drug-likeness (QED) is 0.236. The molecule has 1 heterocycles. The molecule has 3 aromatic carbocycles. The Hall–Kier alpha value is -3.69. The Morgan fingerprint density at radius 2 is 1.55 bits per heavy atom. The van der Waals surface area contributed by atoms with Gasteiger partial charge in [0.05, 0.1) is 17.0 Å². The number of thiazole rings is 1. The lowest BCUT2D eigenvalue weighted by atomic mass is 9.88. The number of amides is 2. The van der Waals surface area contributed by atoms with Crippen LogP contribution in [0, 0.1) is 0 Å². The maximum atomic E-state index is 12.2. The minimum Gasteiger partial charge on any atom is -0.351 e. The van der Waals surface area contributed by atoms with Crippen LogP contribution in [0.1, 0.15) is 34.9 Å². The van der Waals surface area contributed by atoms with Gasteiger partial charge in [-0.05, 0) is 36.1 Å². The molecule has 0 fully saturated rings. The molecule has 3 N–H and O–H groups in total. The zero-order valence-corrected chi connectivity index (χ0v) is 22.9. The molecule has 0 bridgehead atoms. The van der Waals surface area contributed by atoms with Crippen LogP contribution in [0.2, 0.25) is 0 Å². The number of carbonyl (C=O) groups is 1. The number of aryl methyl sites for hydroxylation is 1. The van der Waals surface area contributed by atoms with Crippen molar-refractivity contribution in [1.29, 1.82) is 0 Å². The fourth-order valence-electron chi connectivity index (χ4n) is 4.42. The van der Waals surface area contributed by atoms with E-state index in [-0.39, 0.29) is 5.92 Å². The zero-order chi connectivity index (χ0) is 27.0. The van der Waals surface area contributed by atoms with Crippen LogP contribution >= 0.6 is 11.3 Å². The van der Waals surface area contributed by atoms with Crippen molar-refractivity contribution in [2.75, 3.05) is 24.1 Å². The minimum absolute atomic E-state index is 0.180. The second-order valence-electron chi connectivity index (χ2n) is 9.17. The third-order valence-electron chi connectivity index (χ3n) is 6.26. The Labute approximate surface area is 228 Å². The molecule has 4 aromatic rings. The van der Waals surface area contributed by atoms with Crippen LogP contribution in [0.5, 0.6) is 0 Å². The fourth-order valence-corrected chi connectivity index (χ4v) is 5.83. The first-order chi connectivity index (χ1) is 18.3. The Kier molecular flexibility index (Phi) is 9.15. The summed E-state index contributed by atoms with van der Waals surface area (Å²) >= 11 is 1.57. The van der Waals surface area contributed by atoms with Crippen molar-refractivity contribution in [3.8, 4) is 11.3 Å². The third kappa shape index (κ3) is 7.90.